The third-order valence-electron chi connectivity index (χ3n) is 3.31. The van der Waals surface area contributed by atoms with Gasteiger partial charge in [0.25, 0.3) is 0 Å². The molecule has 1 aliphatic rings. The summed E-state index contributed by atoms with van der Waals surface area (Å²) in [6, 6.07) is 6.69. The molecule has 2 aromatic rings. The van der Waals surface area contributed by atoms with Crippen molar-refractivity contribution in [2.45, 2.75) is 6.04 Å². The van der Waals surface area contributed by atoms with Crippen LogP contribution in [0, 0.1) is 0 Å². The van der Waals surface area contributed by atoms with E-state index in [-0.39, 0.29) is 5.15 Å². The van der Waals surface area contributed by atoms with Gasteiger partial charge in [-0.1, -0.05) is 23.7 Å². The number of carbonyl (C=O) groups is 1. The highest BCUT2D eigenvalue weighted by Gasteiger charge is 2.31. The standard InChI is InChI=1S/C13H13ClN4O2/c14-11-12(17-9-4-2-1-3-8(9)16-11)18-6-5-15-7-10(18)13(19)20/h1-4,10,15H,5-7H2,(H,19,20)/t10-/m0/s1. The SMILES string of the molecule is O=C(O)[C@@H]1CNCCN1c1nc2ccccc2nc1Cl. The lowest BCUT2D eigenvalue weighted by Crippen LogP contribution is -2.55. The predicted octanol–water partition coefficient (Wildman–Crippen LogP) is 1.15. The highest BCUT2D eigenvalue weighted by atomic mass is 35.5. The summed E-state index contributed by atoms with van der Waals surface area (Å²) < 4.78 is 0. The number of para-hydroxylation sites is 2. The van der Waals surface area contributed by atoms with Crippen LogP contribution in [0.25, 0.3) is 11.0 Å². The Morgan fingerprint density at radius 2 is 2.05 bits per heavy atom. The number of aromatic nitrogens is 2. The first-order valence-electron chi connectivity index (χ1n) is 6.29. The fourth-order valence-corrected chi connectivity index (χ4v) is 2.57. The molecule has 0 unspecified atom stereocenters. The van der Waals surface area contributed by atoms with Crippen LogP contribution in [0.5, 0.6) is 0 Å². The van der Waals surface area contributed by atoms with Gasteiger partial charge in [-0.2, -0.15) is 0 Å². The van der Waals surface area contributed by atoms with Gasteiger partial charge in [-0.15, -0.1) is 0 Å². The van der Waals surface area contributed by atoms with Crippen LogP contribution in [-0.2, 0) is 4.79 Å². The van der Waals surface area contributed by atoms with Crippen molar-refractivity contribution in [3.05, 3.63) is 29.4 Å². The molecule has 0 bridgehead atoms. The van der Waals surface area contributed by atoms with Gasteiger partial charge in [0.15, 0.2) is 11.0 Å². The van der Waals surface area contributed by atoms with Crippen molar-refractivity contribution in [1.29, 1.82) is 0 Å². The fourth-order valence-electron chi connectivity index (χ4n) is 2.33. The molecule has 1 aliphatic heterocycles. The number of carboxylic acids is 1. The normalized spacial score (nSPS) is 19.2. The van der Waals surface area contributed by atoms with Gasteiger partial charge in [0.05, 0.1) is 11.0 Å². The van der Waals surface area contributed by atoms with Gasteiger partial charge in [0.1, 0.15) is 6.04 Å². The monoisotopic (exact) mass is 292 g/mol. The number of benzene rings is 1. The van der Waals surface area contributed by atoms with Crippen molar-refractivity contribution in [2.75, 3.05) is 24.5 Å². The Morgan fingerprint density at radius 3 is 2.75 bits per heavy atom. The Balaban J connectivity index is 2.07. The van der Waals surface area contributed by atoms with Crippen molar-refractivity contribution < 1.29 is 9.90 Å². The van der Waals surface area contributed by atoms with Crippen LogP contribution >= 0.6 is 11.6 Å². The summed E-state index contributed by atoms with van der Waals surface area (Å²) in [7, 11) is 0. The van der Waals surface area contributed by atoms with Crippen molar-refractivity contribution in [3.63, 3.8) is 0 Å². The second kappa shape index (κ2) is 5.22. The van der Waals surface area contributed by atoms with E-state index in [0.717, 1.165) is 0 Å². The third-order valence-corrected chi connectivity index (χ3v) is 3.57. The lowest BCUT2D eigenvalue weighted by molar-refractivity contribution is -0.138. The molecule has 1 atom stereocenters. The minimum Gasteiger partial charge on any atom is -0.480 e. The van der Waals surface area contributed by atoms with Crippen LogP contribution in [-0.4, -0.2) is 46.7 Å². The third kappa shape index (κ3) is 2.28. The van der Waals surface area contributed by atoms with Gasteiger partial charge in [-0.25, -0.2) is 14.8 Å². The number of hydrogen-bond acceptors (Lipinski definition) is 5. The Bertz CT molecular complexity index is 664. The van der Waals surface area contributed by atoms with Gasteiger partial charge in [0, 0.05) is 19.6 Å². The Labute approximate surface area is 120 Å². The maximum Gasteiger partial charge on any atom is 0.327 e. The lowest BCUT2D eigenvalue weighted by atomic mass is 10.2. The molecule has 6 nitrogen and oxygen atoms in total. The zero-order chi connectivity index (χ0) is 14.1. The van der Waals surface area contributed by atoms with Gasteiger partial charge in [-0.3, -0.25) is 0 Å². The Kier molecular flexibility index (Phi) is 3.42. The molecule has 1 aromatic heterocycles. The molecule has 0 amide bonds. The zero-order valence-corrected chi connectivity index (χ0v) is 11.3. The van der Waals surface area contributed by atoms with E-state index in [2.05, 4.69) is 15.3 Å². The number of halogens is 1. The summed E-state index contributed by atoms with van der Waals surface area (Å²) in [6.07, 6.45) is 0. The minimum atomic E-state index is -0.900. The number of piperazine rings is 1. The van der Waals surface area contributed by atoms with Gasteiger partial charge in [-0.05, 0) is 12.1 Å². The minimum absolute atomic E-state index is 0.233. The largest absolute Gasteiger partial charge is 0.480 e. The first-order valence-corrected chi connectivity index (χ1v) is 6.67. The maximum absolute atomic E-state index is 11.3. The van der Waals surface area contributed by atoms with Gasteiger partial charge >= 0.3 is 5.97 Å². The molecule has 0 aliphatic carbocycles. The molecule has 2 heterocycles. The summed E-state index contributed by atoms with van der Waals surface area (Å²) in [4.78, 5) is 21.8. The summed E-state index contributed by atoms with van der Waals surface area (Å²) >= 11 is 6.18. The van der Waals surface area contributed by atoms with Crippen molar-refractivity contribution in [3.8, 4) is 0 Å². The number of nitrogens with one attached hydrogen (secondary N) is 1. The van der Waals surface area contributed by atoms with Crippen LogP contribution in [0.1, 0.15) is 0 Å². The van der Waals surface area contributed by atoms with E-state index in [1.54, 1.807) is 4.90 Å². The van der Waals surface area contributed by atoms with Crippen LogP contribution in [0.15, 0.2) is 24.3 Å². The number of anilines is 1. The van der Waals surface area contributed by atoms with Crippen LogP contribution < -0.4 is 10.2 Å². The van der Waals surface area contributed by atoms with Crippen molar-refractivity contribution in [2.24, 2.45) is 0 Å². The molecule has 0 spiro atoms. The summed E-state index contributed by atoms with van der Waals surface area (Å²) in [6.45, 7) is 1.58. The highest BCUT2D eigenvalue weighted by molar-refractivity contribution is 6.32. The molecule has 1 fully saturated rings. The van der Waals surface area contributed by atoms with Crippen molar-refractivity contribution >= 4 is 34.4 Å². The van der Waals surface area contributed by atoms with E-state index in [0.29, 0.717) is 36.5 Å². The average molecular weight is 293 g/mol. The van der Waals surface area contributed by atoms with E-state index in [4.69, 9.17) is 11.6 Å². The van der Waals surface area contributed by atoms with Gasteiger partial charge < -0.3 is 15.3 Å². The predicted molar refractivity (Wildman–Crippen MR) is 76.2 cm³/mol. The zero-order valence-electron chi connectivity index (χ0n) is 10.6. The maximum atomic E-state index is 11.3. The van der Waals surface area contributed by atoms with E-state index in [1.165, 1.54) is 0 Å². The second-order valence-corrected chi connectivity index (χ2v) is 4.94. The fraction of sp³-hybridized carbons (Fsp3) is 0.308. The smallest absolute Gasteiger partial charge is 0.327 e. The molecule has 3 rings (SSSR count). The topological polar surface area (TPSA) is 78.4 Å². The number of carboxylic acid groups (broad SMARTS) is 1. The van der Waals surface area contributed by atoms with E-state index >= 15 is 0 Å². The lowest BCUT2D eigenvalue weighted by Gasteiger charge is -2.34. The quantitative estimate of drug-likeness (QED) is 0.864. The summed E-state index contributed by atoms with van der Waals surface area (Å²) in [5, 5.41) is 12.6. The van der Waals surface area contributed by atoms with E-state index < -0.39 is 12.0 Å². The molecule has 104 valence electrons. The Morgan fingerprint density at radius 1 is 1.35 bits per heavy atom. The summed E-state index contributed by atoms with van der Waals surface area (Å²) in [5.41, 5.74) is 1.40. The number of aliphatic carboxylic acids is 1. The molecule has 20 heavy (non-hydrogen) atoms. The van der Waals surface area contributed by atoms with Gasteiger partial charge in [0.2, 0.25) is 0 Å². The van der Waals surface area contributed by atoms with Crippen LogP contribution in [0.4, 0.5) is 5.82 Å². The molecule has 7 heteroatoms. The molecule has 1 saturated heterocycles. The number of nitrogens with zero attached hydrogens (tertiary/aromatic N) is 3. The molecule has 0 saturated carbocycles. The van der Waals surface area contributed by atoms with E-state index in [1.807, 2.05) is 24.3 Å². The summed E-state index contributed by atoms with van der Waals surface area (Å²) in [5.74, 6) is -0.470. The molecule has 2 N–H and O–H groups in total. The molecular formula is C13H13ClN4O2. The molecule has 1 aromatic carbocycles. The Hall–Kier alpha value is -1.92. The van der Waals surface area contributed by atoms with Crippen molar-refractivity contribution in [1.82, 2.24) is 15.3 Å². The van der Waals surface area contributed by atoms with E-state index in [9.17, 15) is 9.90 Å². The number of fused-ring (bicyclic) bond motifs is 1. The molecule has 0 radical (unpaired) electrons. The highest BCUT2D eigenvalue weighted by Crippen LogP contribution is 2.26. The first kappa shape index (κ1) is 13.1. The number of rotatable bonds is 2. The number of hydrogen-bond donors (Lipinski definition) is 2. The van der Waals surface area contributed by atoms with Crippen LogP contribution in [0.2, 0.25) is 5.15 Å². The average Bonchev–Trinajstić information content (AvgIpc) is 2.46. The van der Waals surface area contributed by atoms with Crippen LogP contribution in [0.3, 0.4) is 0 Å². The molecular weight excluding hydrogens is 280 g/mol. The second-order valence-electron chi connectivity index (χ2n) is 4.58. The first-order chi connectivity index (χ1) is 9.66.